The van der Waals surface area contributed by atoms with Crippen LogP contribution in [0.4, 0.5) is 10.5 Å². The van der Waals surface area contributed by atoms with Crippen molar-refractivity contribution >= 4 is 27.7 Å². The van der Waals surface area contributed by atoms with Crippen LogP contribution in [0.15, 0.2) is 72.8 Å². The van der Waals surface area contributed by atoms with Crippen molar-refractivity contribution in [3.8, 4) is 11.1 Å². The average molecular weight is 596 g/mol. The van der Waals surface area contributed by atoms with Crippen LogP contribution in [0.25, 0.3) is 11.1 Å². The molecule has 0 aliphatic heterocycles. The molecule has 0 aromatic heterocycles. The van der Waals surface area contributed by atoms with E-state index >= 15 is 0 Å². The lowest BCUT2D eigenvalue weighted by Gasteiger charge is -2.46. The summed E-state index contributed by atoms with van der Waals surface area (Å²) in [6.07, 6.45) is 0.317. The smallest absolute Gasteiger partial charge is 0.404 e. The third kappa shape index (κ3) is 8.10. The van der Waals surface area contributed by atoms with Gasteiger partial charge >= 0.3 is 6.09 Å². The number of aliphatic hydroxyl groups excluding tert-OH is 1. The molecule has 5 N–H and O–H groups in total. The summed E-state index contributed by atoms with van der Waals surface area (Å²) in [5.41, 5.74) is 8.17. The Labute approximate surface area is 248 Å². The molecule has 0 radical (unpaired) electrons. The molecule has 1 unspecified atom stereocenters. The van der Waals surface area contributed by atoms with Crippen LogP contribution in [-0.4, -0.2) is 44.9 Å². The highest BCUT2D eigenvalue weighted by Gasteiger charge is 2.46. The number of carbonyl (C=O) groups is 2. The van der Waals surface area contributed by atoms with Crippen LogP contribution in [0.2, 0.25) is 0 Å². The van der Waals surface area contributed by atoms with Gasteiger partial charge in [-0.3, -0.25) is 4.79 Å². The van der Waals surface area contributed by atoms with E-state index in [0.29, 0.717) is 12.2 Å². The first kappa shape index (κ1) is 32.6. The standard InChI is InChI=1S/C32H41N3O6S/c1-6-18-34-27-19-24(14-17-26(27)29(37)35-42(5,39)40)22-12-15-25(16-13-22)32(31(2,3)4,21-41-30(33)38)20-28(36)23-10-8-7-9-11-23/h7-17,19,28,34,36H,6,18,20-21H2,1-5H3,(H2,33,38)(H,35,37)/t28-,32?/m1/s1. The molecule has 0 aliphatic carbocycles. The largest absolute Gasteiger partial charge is 0.449 e. The summed E-state index contributed by atoms with van der Waals surface area (Å²) < 4.78 is 30.7. The second-order valence-corrected chi connectivity index (χ2v) is 13.3. The second-order valence-electron chi connectivity index (χ2n) is 11.5. The molecule has 2 atom stereocenters. The number of hydrogen-bond donors (Lipinski definition) is 4. The van der Waals surface area contributed by atoms with Crippen molar-refractivity contribution in [2.45, 2.75) is 52.1 Å². The Balaban J connectivity index is 2.05. The van der Waals surface area contributed by atoms with Crippen LogP contribution in [0.5, 0.6) is 0 Å². The van der Waals surface area contributed by atoms with Gasteiger partial charge in [0.25, 0.3) is 5.91 Å². The Morgan fingerprint density at radius 1 is 0.976 bits per heavy atom. The van der Waals surface area contributed by atoms with Gasteiger partial charge in [0.15, 0.2) is 0 Å². The fourth-order valence-corrected chi connectivity index (χ4v) is 5.51. The minimum Gasteiger partial charge on any atom is -0.449 e. The molecule has 0 bridgehead atoms. The van der Waals surface area contributed by atoms with Crippen LogP contribution >= 0.6 is 0 Å². The molecule has 0 spiro atoms. The molecule has 10 heteroatoms. The monoisotopic (exact) mass is 595 g/mol. The number of benzene rings is 3. The lowest BCUT2D eigenvalue weighted by molar-refractivity contribution is 0.0224. The zero-order valence-corrected chi connectivity index (χ0v) is 25.6. The number of amides is 2. The zero-order valence-electron chi connectivity index (χ0n) is 24.8. The van der Waals surface area contributed by atoms with Gasteiger partial charge < -0.3 is 20.9 Å². The highest BCUT2D eigenvalue weighted by atomic mass is 32.2. The van der Waals surface area contributed by atoms with Crippen molar-refractivity contribution in [1.82, 2.24) is 4.72 Å². The molecular formula is C32H41N3O6S. The molecule has 3 rings (SSSR count). The topological polar surface area (TPSA) is 148 Å². The summed E-state index contributed by atoms with van der Waals surface area (Å²) in [6, 6.07) is 22.3. The van der Waals surface area contributed by atoms with Crippen molar-refractivity contribution < 1.29 is 27.9 Å². The summed E-state index contributed by atoms with van der Waals surface area (Å²) in [4.78, 5) is 24.4. The number of ether oxygens (including phenoxy) is 1. The van der Waals surface area contributed by atoms with Crippen molar-refractivity contribution in [2.75, 3.05) is 24.7 Å². The second kappa shape index (κ2) is 13.4. The Hall–Kier alpha value is -3.89. The van der Waals surface area contributed by atoms with E-state index in [4.69, 9.17) is 10.5 Å². The summed E-state index contributed by atoms with van der Waals surface area (Å²) in [5.74, 6) is -0.709. The molecular weight excluding hydrogens is 554 g/mol. The molecule has 2 amide bonds. The Bertz CT molecular complexity index is 1480. The highest BCUT2D eigenvalue weighted by molar-refractivity contribution is 7.89. The van der Waals surface area contributed by atoms with Crippen molar-refractivity contribution in [3.63, 3.8) is 0 Å². The maximum absolute atomic E-state index is 12.6. The molecule has 0 saturated carbocycles. The van der Waals surface area contributed by atoms with E-state index in [1.807, 2.05) is 93.1 Å². The number of aliphatic hydroxyl groups is 1. The molecule has 0 fully saturated rings. The van der Waals surface area contributed by atoms with E-state index < -0.39 is 39.0 Å². The van der Waals surface area contributed by atoms with E-state index in [-0.39, 0.29) is 18.6 Å². The summed E-state index contributed by atoms with van der Waals surface area (Å²) in [6.45, 7) is 8.67. The number of sulfonamides is 1. The predicted octanol–water partition coefficient (Wildman–Crippen LogP) is 5.37. The zero-order chi connectivity index (χ0) is 31.1. The highest BCUT2D eigenvalue weighted by Crippen LogP contribution is 2.48. The fraction of sp³-hybridized carbons (Fsp3) is 0.375. The summed E-state index contributed by atoms with van der Waals surface area (Å²) in [5, 5.41) is 14.5. The van der Waals surface area contributed by atoms with Crippen molar-refractivity contribution in [1.29, 1.82) is 0 Å². The van der Waals surface area contributed by atoms with E-state index in [1.54, 1.807) is 12.1 Å². The van der Waals surface area contributed by atoms with Gasteiger partial charge in [-0.1, -0.05) is 88.4 Å². The lowest BCUT2D eigenvalue weighted by atomic mass is 9.60. The Kier molecular flexibility index (Phi) is 10.4. The first-order valence-corrected chi connectivity index (χ1v) is 15.7. The van der Waals surface area contributed by atoms with Gasteiger partial charge in [0.1, 0.15) is 6.61 Å². The van der Waals surface area contributed by atoms with E-state index in [0.717, 1.165) is 34.9 Å². The molecule has 3 aromatic rings. The normalized spacial score (nSPS) is 14.0. The fourth-order valence-electron chi connectivity index (χ4n) is 5.07. The van der Waals surface area contributed by atoms with Crippen molar-refractivity contribution in [2.24, 2.45) is 11.1 Å². The first-order valence-electron chi connectivity index (χ1n) is 13.8. The minimum absolute atomic E-state index is 0.0235. The summed E-state index contributed by atoms with van der Waals surface area (Å²) in [7, 11) is -3.72. The van der Waals surface area contributed by atoms with Crippen LogP contribution in [0.3, 0.4) is 0 Å². The molecule has 0 saturated heterocycles. The SMILES string of the molecule is CCCNc1cc(-c2ccc(C(COC(N)=O)(C[C@@H](O)c3ccccc3)C(C)(C)C)cc2)ccc1C(=O)NS(C)(=O)=O. The molecule has 0 heterocycles. The quantitative estimate of drug-likeness (QED) is 0.220. The number of nitrogens with one attached hydrogen (secondary N) is 2. The molecule has 0 aliphatic rings. The Morgan fingerprint density at radius 3 is 2.14 bits per heavy atom. The summed E-state index contributed by atoms with van der Waals surface area (Å²) >= 11 is 0. The maximum Gasteiger partial charge on any atom is 0.404 e. The number of rotatable bonds is 12. The number of hydrogen-bond acceptors (Lipinski definition) is 7. The third-order valence-corrected chi connectivity index (χ3v) is 8.06. The van der Waals surface area contributed by atoms with Crippen LogP contribution in [0, 0.1) is 5.41 Å². The van der Waals surface area contributed by atoms with Gasteiger partial charge in [0.2, 0.25) is 10.0 Å². The van der Waals surface area contributed by atoms with Crippen LogP contribution in [-0.2, 0) is 20.2 Å². The number of anilines is 1. The lowest BCUT2D eigenvalue weighted by Crippen LogP contribution is -2.46. The number of primary amides is 1. The third-order valence-electron chi connectivity index (χ3n) is 7.50. The van der Waals surface area contributed by atoms with E-state index in [1.165, 1.54) is 0 Å². The minimum atomic E-state index is -3.72. The molecule has 226 valence electrons. The molecule has 3 aromatic carbocycles. The van der Waals surface area contributed by atoms with Gasteiger partial charge in [0.05, 0.1) is 17.9 Å². The van der Waals surface area contributed by atoms with Crippen molar-refractivity contribution in [3.05, 3.63) is 89.5 Å². The predicted molar refractivity (Wildman–Crippen MR) is 166 cm³/mol. The number of carbonyl (C=O) groups excluding carboxylic acids is 2. The van der Waals surface area contributed by atoms with Gasteiger partial charge in [-0.05, 0) is 52.6 Å². The molecule has 42 heavy (non-hydrogen) atoms. The molecule has 9 nitrogen and oxygen atoms in total. The number of nitrogens with two attached hydrogens (primary N) is 1. The maximum atomic E-state index is 12.6. The average Bonchev–Trinajstić information content (AvgIpc) is 2.92. The van der Waals surface area contributed by atoms with Gasteiger partial charge in [-0.15, -0.1) is 0 Å². The van der Waals surface area contributed by atoms with Gasteiger partial charge in [0, 0.05) is 17.6 Å². The van der Waals surface area contributed by atoms with E-state index in [9.17, 15) is 23.1 Å². The van der Waals surface area contributed by atoms with Gasteiger partial charge in [-0.2, -0.15) is 0 Å². The Morgan fingerprint density at radius 2 is 1.60 bits per heavy atom. The van der Waals surface area contributed by atoms with Crippen LogP contribution < -0.4 is 15.8 Å². The van der Waals surface area contributed by atoms with Gasteiger partial charge in [-0.25, -0.2) is 17.9 Å². The first-order chi connectivity index (χ1) is 19.7. The van der Waals surface area contributed by atoms with Crippen LogP contribution in [0.1, 0.15) is 68.1 Å². The van der Waals surface area contributed by atoms with E-state index in [2.05, 4.69) is 5.32 Å².